The van der Waals surface area contributed by atoms with Crippen molar-refractivity contribution in [2.75, 3.05) is 11.5 Å². The van der Waals surface area contributed by atoms with Gasteiger partial charge in [-0.15, -0.1) is 0 Å². The molecule has 0 radical (unpaired) electrons. The molecule has 2 heteroatoms. The summed E-state index contributed by atoms with van der Waals surface area (Å²) in [6.45, 7) is 0. The van der Waals surface area contributed by atoms with Crippen LogP contribution in [0.15, 0.2) is 29.7 Å². The topological polar surface area (TPSA) is 0 Å². The van der Waals surface area contributed by atoms with Crippen LogP contribution in [0, 0.1) is 5.82 Å². The molecular formula is C12H14FS+. The van der Waals surface area contributed by atoms with E-state index in [0.717, 1.165) is 5.56 Å². The molecule has 2 rings (SSSR count). The first kappa shape index (κ1) is 9.78. The van der Waals surface area contributed by atoms with E-state index in [1.807, 2.05) is 12.1 Å². The van der Waals surface area contributed by atoms with Crippen molar-refractivity contribution in [1.29, 1.82) is 0 Å². The maximum atomic E-state index is 12.6. The molecule has 0 amide bonds. The Balaban J connectivity index is 1.99. The van der Waals surface area contributed by atoms with Gasteiger partial charge in [0.2, 0.25) is 0 Å². The molecule has 14 heavy (non-hydrogen) atoms. The van der Waals surface area contributed by atoms with Crippen molar-refractivity contribution in [3.8, 4) is 0 Å². The second-order valence-corrected chi connectivity index (χ2v) is 5.67. The van der Waals surface area contributed by atoms with Crippen LogP contribution in [0.3, 0.4) is 0 Å². The summed E-state index contributed by atoms with van der Waals surface area (Å²) >= 11 is 0. The molecule has 0 unspecified atom stereocenters. The Kier molecular flexibility index (Phi) is 3.25. The third-order valence-electron chi connectivity index (χ3n) is 2.39. The SMILES string of the molecule is Fc1ccc(C=C[S+]2CCCC2)cc1. The summed E-state index contributed by atoms with van der Waals surface area (Å²) in [7, 11) is 0.493. The minimum absolute atomic E-state index is 0.162. The molecule has 0 spiro atoms. The van der Waals surface area contributed by atoms with Crippen molar-refractivity contribution >= 4 is 17.0 Å². The molecule has 1 aromatic rings. The first-order valence-electron chi connectivity index (χ1n) is 4.95. The van der Waals surface area contributed by atoms with Crippen LogP contribution in [0.4, 0.5) is 4.39 Å². The van der Waals surface area contributed by atoms with Gasteiger partial charge in [-0.1, -0.05) is 12.1 Å². The van der Waals surface area contributed by atoms with Gasteiger partial charge in [-0.25, -0.2) is 4.39 Å². The highest BCUT2D eigenvalue weighted by Gasteiger charge is 2.20. The van der Waals surface area contributed by atoms with Gasteiger partial charge in [0, 0.05) is 10.9 Å². The lowest BCUT2D eigenvalue weighted by molar-refractivity contribution is 0.628. The second-order valence-electron chi connectivity index (χ2n) is 3.51. The van der Waals surface area contributed by atoms with Gasteiger partial charge in [0.15, 0.2) is 0 Å². The van der Waals surface area contributed by atoms with E-state index in [0.29, 0.717) is 10.9 Å². The molecule has 0 aliphatic carbocycles. The summed E-state index contributed by atoms with van der Waals surface area (Å²) in [6, 6.07) is 6.67. The molecule has 1 saturated heterocycles. The zero-order valence-electron chi connectivity index (χ0n) is 8.08. The summed E-state index contributed by atoms with van der Waals surface area (Å²) in [5, 5.41) is 2.29. The van der Waals surface area contributed by atoms with E-state index < -0.39 is 0 Å². The molecular weight excluding hydrogens is 195 g/mol. The van der Waals surface area contributed by atoms with Crippen LogP contribution in [0.5, 0.6) is 0 Å². The van der Waals surface area contributed by atoms with E-state index in [-0.39, 0.29) is 5.82 Å². The molecule has 0 nitrogen and oxygen atoms in total. The van der Waals surface area contributed by atoms with Crippen LogP contribution >= 0.6 is 0 Å². The zero-order chi connectivity index (χ0) is 9.80. The summed E-state index contributed by atoms with van der Waals surface area (Å²) in [5.41, 5.74) is 1.10. The van der Waals surface area contributed by atoms with Crippen LogP contribution < -0.4 is 0 Å². The summed E-state index contributed by atoms with van der Waals surface area (Å²) in [5.74, 6) is 2.53. The van der Waals surface area contributed by atoms with Crippen molar-refractivity contribution in [3.05, 3.63) is 41.1 Å². The summed E-state index contributed by atoms with van der Waals surface area (Å²) < 4.78 is 12.6. The number of rotatable bonds is 2. The minimum Gasteiger partial charge on any atom is -0.207 e. The van der Waals surface area contributed by atoms with Crippen LogP contribution in [-0.2, 0) is 10.9 Å². The second kappa shape index (κ2) is 4.65. The highest BCUT2D eigenvalue weighted by Crippen LogP contribution is 2.16. The molecule has 74 valence electrons. The summed E-state index contributed by atoms with van der Waals surface area (Å²) in [6.07, 6.45) is 4.86. The Morgan fingerprint density at radius 1 is 1.07 bits per heavy atom. The van der Waals surface area contributed by atoms with E-state index in [1.165, 1.54) is 36.5 Å². The van der Waals surface area contributed by atoms with Crippen molar-refractivity contribution in [1.82, 2.24) is 0 Å². The molecule has 1 heterocycles. The maximum absolute atomic E-state index is 12.6. The van der Waals surface area contributed by atoms with Crippen molar-refractivity contribution in [2.24, 2.45) is 0 Å². The monoisotopic (exact) mass is 209 g/mol. The van der Waals surface area contributed by atoms with Crippen molar-refractivity contribution in [2.45, 2.75) is 12.8 Å². The molecule has 0 aromatic heterocycles. The van der Waals surface area contributed by atoms with E-state index in [1.54, 1.807) is 0 Å². The van der Waals surface area contributed by atoms with Crippen LogP contribution in [-0.4, -0.2) is 11.5 Å². The lowest BCUT2D eigenvalue weighted by Gasteiger charge is -1.93. The third-order valence-corrected chi connectivity index (χ3v) is 4.53. The normalized spacial score (nSPS) is 18.1. The fraction of sp³-hybridized carbons (Fsp3) is 0.333. The van der Waals surface area contributed by atoms with Gasteiger partial charge in [0.05, 0.1) is 0 Å². The molecule has 0 atom stereocenters. The van der Waals surface area contributed by atoms with Crippen molar-refractivity contribution < 1.29 is 4.39 Å². The number of benzene rings is 1. The van der Waals surface area contributed by atoms with E-state index in [4.69, 9.17) is 0 Å². The van der Waals surface area contributed by atoms with Gasteiger partial charge in [0.25, 0.3) is 0 Å². The third kappa shape index (κ3) is 2.61. The molecule has 0 bridgehead atoms. The van der Waals surface area contributed by atoms with Crippen LogP contribution in [0.1, 0.15) is 18.4 Å². The van der Waals surface area contributed by atoms with Crippen LogP contribution in [0.2, 0.25) is 0 Å². The molecule has 0 saturated carbocycles. The van der Waals surface area contributed by atoms with Gasteiger partial charge >= 0.3 is 0 Å². The Hall–Kier alpha value is -0.760. The van der Waals surface area contributed by atoms with E-state index in [9.17, 15) is 4.39 Å². The molecule has 1 fully saturated rings. The van der Waals surface area contributed by atoms with E-state index >= 15 is 0 Å². The predicted molar refractivity (Wildman–Crippen MR) is 61.8 cm³/mol. The number of hydrogen-bond donors (Lipinski definition) is 0. The molecule has 1 aromatic carbocycles. The van der Waals surface area contributed by atoms with Gasteiger partial charge in [-0.2, -0.15) is 0 Å². The highest BCUT2D eigenvalue weighted by atomic mass is 32.2. The quantitative estimate of drug-likeness (QED) is 0.656. The first-order valence-corrected chi connectivity index (χ1v) is 6.57. The predicted octanol–water partition coefficient (Wildman–Crippen LogP) is 3.21. The number of hydrogen-bond acceptors (Lipinski definition) is 0. The fourth-order valence-electron chi connectivity index (χ4n) is 1.56. The Morgan fingerprint density at radius 2 is 1.71 bits per heavy atom. The van der Waals surface area contributed by atoms with Gasteiger partial charge < -0.3 is 0 Å². The average molecular weight is 209 g/mol. The number of halogens is 1. The zero-order valence-corrected chi connectivity index (χ0v) is 8.90. The van der Waals surface area contributed by atoms with Gasteiger partial charge in [0.1, 0.15) is 22.7 Å². The molecule has 1 aliphatic heterocycles. The van der Waals surface area contributed by atoms with Crippen LogP contribution in [0.25, 0.3) is 6.08 Å². The Labute approximate surface area is 87.2 Å². The molecule has 1 aliphatic rings. The smallest absolute Gasteiger partial charge is 0.123 e. The van der Waals surface area contributed by atoms with Crippen molar-refractivity contribution in [3.63, 3.8) is 0 Å². The van der Waals surface area contributed by atoms with E-state index in [2.05, 4.69) is 11.5 Å². The fourth-order valence-corrected chi connectivity index (χ4v) is 3.54. The summed E-state index contributed by atoms with van der Waals surface area (Å²) in [4.78, 5) is 0. The lowest BCUT2D eigenvalue weighted by Crippen LogP contribution is -1.96. The Bertz CT molecular complexity index is 310. The van der Waals surface area contributed by atoms with Gasteiger partial charge in [-0.05, 0) is 36.6 Å². The highest BCUT2D eigenvalue weighted by molar-refractivity contribution is 7.99. The largest absolute Gasteiger partial charge is 0.207 e. The Morgan fingerprint density at radius 3 is 2.36 bits per heavy atom. The van der Waals surface area contributed by atoms with Gasteiger partial charge in [-0.3, -0.25) is 0 Å². The lowest BCUT2D eigenvalue weighted by atomic mass is 10.2. The first-order chi connectivity index (χ1) is 6.84. The average Bonchev–Trinajstić information content (AvgIpc) is 2.70. The molecule has 0 N–H and O–H groups in total. The standard InChI is InChI=1S/C12H14FS/c13-12-5-3-11(4-6-12)7-10-14-8-1-2-9-14/h3-7,10H,1-2,8-9H2/q+1. The minimum atomic E-state index is -0.162. The maximum Gasteiger partial charge on any atom is 0.123 e.